The van der Waals surface area contributed by atoms with Crippen molar-refractivity contribution in [2.45, 2.75) is 44.6 Å². The lowest BCUT2D eigenvalue weighted by molar-refractivity contribution is -0.132. The van der Waals surface area contributed by atoms with Gasteiger partial charge in [-0.1, -0.05) is 30.3 Å². The van der Waals surface area contributed by atoms with Crippen molar-refractivity contribution < 1.29 is 19.6 Å². The highest BCUT2D eigenvalue weighted by Gasteiger charge is 2.27. The van der Waals surface area contributed by atoms with Gasteiger partial charge in [0.25, 0.3) is 0 Å². The lowest BCUT2D eigenvalue weighted by atomic mass is 9.76. The normalized spacial score (nSPS) is 18.4. The van der Waals surface area contributed by atoms with Crippen molar-refractivity contribution in [3.05, 3.63) is 35.9 Å². The van der Waals surface area contributed by atoms with Gasteiger partial charge >= 0.3 is 13.1 Å². The Labute approximate surface area is 148 Å². The fraction of sp³-hybridized carbons (Fsp3) is 0.529. The number of likely N-dealkylation sites (tertiary alicyclic amines) is 1. The number of urea groups is 1. The van der Waals surface area contributed by atoms with Crippen LogP contribution in [0.2, 0.25) is 0 Å². The number of benzene rings is 1. The van der Waals surface area contributed by atoms with Gasteiger partial charge in [-0.3, -0.25) is 4.79 Å². The second-order valence-electron chi connectivity index (χ2n) is 6.43. The topological polar surface area (TPSA) is 102 Å². The van der Waals surface area contributed by atoms with E-state index in [1.165, 1.54) is 6.92 Å². The Morgan fingerprint density at radius 3 is 2.64 bits per heavy atom. The number of nitrogens with zero attached hydrogens (tertiary/aromatic N) is 1. The second kappa shape index (κ2) is 9.43. The summed E-state index contributed by atoms with van der Waals surface area (Å²) in [6, 6.07) is 8.83. The van der Waals surface area contributed by atoms with Crippen molar-refractivity contribution in [3.63, 3.8) is 0 Å². The monoisotopic (exact) mass is 347 g/mol. The molecule has 1 aliphatic rings. The molecular weight excluding hydrogens is 321 g/mol. The van der Waals surface area contributed by atoms with Crippen molar-refractivity contribution in [1.29, 1.82) is 0 Å². The lowest BCUT2D eigenvalue weighted by Crippen LogP contribution is -2.54. The first-order valence-electron chi connectivity index (χ1n) is 8.69. The molecule has 0 saturated carbocycles. The molecule has 1 aliphatic heterocycles. The van der Waals surface area contributed by atoms with E-state index < -0.39 is 19.1 Å². The summed E-state index contributed by atoms with van der Waals surface area (Å²) >= 11 is 0. The summed E-state index contributed by atoms with van der Waals surface area (Å²) in [6.45, 7) is 2.61. The van der Waals surface area contributed by atoms with Gasteiger partial charge in [0.1, 0.15) is 0 Å². The number of rotatable bonds is 6. The van der Waals surface area contributed by atoms with Crippen molar-refractivity contribution in [2.75, 3.05) is 13.1 Å². The van der Waals surface area contributed by atoms with Crippen molar-refractivity contribution in [3.8, 4) is 0 Å². The molecule has 1 aromatic rings. The number of hydrogen-bond donors (Lipinski definition) is 4. The molecule has 4 N–H and O–H groups in total. The third-order valence-electron chi connectivity index (χ3n) is 4.50. The predicted octanol–water partition coefficient (Wildman–Crippen LogP) is 0.310. The molecular formula is C17H26BN3O4. The van der Waals surface area contributed by atoms with Crippen LogP contribution in [0.15, 0.2) is 30.3 Å². The summed E-state index contributed by atoms with van der Waals surface area (Å²) in [4.78, 5) is 25.6. The largest absolute Gasteiger partial charge is 0.475 e. The maximum absolute atomic E-state index is 12.1. The minimum Gasteiger partial charge on any atom is -0.426 e. The number of piperidine rings is 1. The van der Waals surface area contributed by atoms with Crippen LogP contribution in [0.25, 0.3) is 0 Å². The van der Waals surface area contributed by atoms with Gasteiger partial charge in [0.05, 0.1) is 5.94 Å². The molecule has 1 heterocycles. The van der Waals surface area contributed by atoms with Crippen LogP contribution < -0.4 is 10.6 Å². The third-order valence-corrected chi connectivity index (χ3v) is 4.50. The van der Waals surface area contributed by atoms with E-state index in [0.717, 1.165) is 31.4 Å². The van der Waals surface area contributed by atoms with Crippen molar-refractivity contribution >= 4 is 19.1 Å². The Kier molecular flexibility index (Phi) is 7.27. The zero-order valence-electron chi connectivity index (χ0n) is 14.5. The third kappa shape index (κ3) is 6.06. The Bertz CT molecular complexity index is 570. The van der Waals surface area contributed by atoms with Crippen LogP contribution in [0.1, 0.15) is 31.7 Å². The van der Waals surface area contributed by atoms with Crippen LogP contribution in [0.4, 0.5) is 4.79 Å². The van der Waals surface area contributed by atoms with Gasteiger partial charge in [-0.2, -0.15) is 0 Å². The van der Waals surface area contributed by atoms with E-state index >= 15 is 0 Å². The molecule has 1 fully saturated rings. The van der Waals surface area contributed by atoms with Gasteiger partial charge in [-0.25, -0.2) is 4.79 Å². The molecule has 1 saturated heterocycles. The molecule has 0 aliphatic carbocycles. The second-order valence-corrected chi connectivity index (χ2v) is 6.43. The first-order chi connectivity index (χ1) is 12.0. The maximum atomic E-state index is 12.1. The van der Waals surface area contributed by atoms with Crippen molar-refractivity contribution in [2.24, 2.45) is 0 Å². The highest BCUT2D eigenvalue weighted by atomic mass is 16.4. The SMILES string of the molecule is CC(=O)N1CCCC[C@H]1CNC(=O)N[C@@H](Cc1ccccc1)B(O)O. The van der Waals surface area contributed by atoms with Gasteiger partial charge in [-0.05, 0) is 31.2 Å². The van der Waals surface area contributed by atoms with E-state index in [1.807, 2.05) is 30.3 Å². The zero-order chi connectivity index (χ0) is 18.2. The van der Waals surface area contributed by atoms with Gasteiger partial charge < -0.3 is 25.6 Å². The fourth-order valence-electron chi connectivity index (χ4n) is 3.16. The van der Waals surface area contributed by atoms with Gasteiger partial charge in [0.15, 0.2) is 0 Å². The highest BCUT2D eigenvalue weighted by molar-refractivity contribution is 6.43. The smallest absolute Gasteiger partial charge is 0.426 e. The standard InChI is InChI=1S/C17H26BN3O4/c1-13(22)21-10-6-5-9-15(21)12-19-17(23)20-16(18(24)25)11-14-7-3-2-4-8-14/h2-4,7-8,15-16,24-25H,5-6,9-12H2,1H3,(H2,19,20,23)/t15-,16-/m0/s1. The molecule has 1 aromatic carbocycles. The summed E-state index contributed by atoms with van der Waals surface area (Å²) in [5.41, 5.74) is 0.899. The molecule has 2 atom stereocenters. The maximum Gasteiger partial charge on any atom is 0.475 e. The average Bonchev–Trinajstić information content (AvgIpc) is 2.60. The number of nitrogens with one attached hydrogen (secondary N) is 2. The summed E-state index contributed by atoms with van der Waals surface area (Å²) in [6.07, 6.45) is 3.19. The van der Waals surface area contributed by atoms with Gasteiger partial charge in [-0.15, -0.1) is 0 Å². The van der Waals surface area contributed by atoms with Crippen LogP contribution in [0.5, 0.6) is 0 Å². The number of carbonyl (C=O) groups excluding carboxylic acids is 2. The van der Waals surface area contributed by atoms with Crippen LogP contribution in [-0.2, 0) is 11.2 Å². The molecule has 25 heavy (non-hydrogen) atoms. The number of carbonyl (C=O) groups is 2. The van der Waals surface area contributed by atoms with E-state index in [9.17, 15) is 19.6 Å². The Balaban J connectivity index is 1.85. The number of amides is 3. The summed E-state index contributed by atoms with van der Waals surface area (Å²) in [7, 11) is -1.66. The van der Waals surface area contributed by atoms with E-state index in [-0.39, 0.29) is 11.9 Å². The van der Waals surface area contributed by atoms with Crippen LogP contribution in [0, 0.1) is 0 Å². The van der Waals surface area contributed by atoms with E-state index in [4.69, 9.17) is 0 Å². The first-order valence-corrected chi connectivity index (χ1v) is 8.69. The van der Waals surface area contributed by atoms with E-state index in [0.29, 0.717) is 13.0 Å². The molecule has 0 radical (unpaired) electrons. The van der Waals surface area contributed by atoms with Crippen LogP contribution >= 0.6 is 0 Å². The van der Waals surface area contributed by atoms with Crippen LogP contribution in [-0.4, -0.2) is 59.1 Å². The summed E-state index contributed by atoms with van der Waals surface area (Å²) in [5.74, 6) is -0.794. The minimum atomic E-state index is -1.66. The van der Waals surface area contributed by atoms with Crippen LogP contribution in [0.3, 0.4) is 0 Å². The molecule has 7 nitrogen and oxygen atoms in total. The van der Waals surface area contributed by atoms with Gasteiger partial charge in [0, 0.05) is 26.1 Å². The molecule has 0 bridgehead atoms. The van der Waals surface area contributed by atoms with Crippen molar-refractivity contribution in [1.82, 2.24) is 15.5 Å². The average molecular weight is 347 g/mol. The minimum absolute atomic E-state index is 0.0105. The molecule has 0 spiro atoms. The molecule has 2 rings (SSSR count). The summed E-state index contributed by atoms with van der Waals surface area (Å²) < 4.78 is 0. The Hall–Kier alpha value is -2.06. The zero-order valence-corrected chi connectivity index (χ0v) is 14.5. The molecule has 0 unspecified atom stereocenters. The molecule has 8 heteroatoms. The van der Waals surface area contributed by atoms with E-state index in [2.05, 4.69) is 10.6 Å². The molecule has 136 valence electrons. The first kappa shape index (κ1) is 19.3. The van der Waals surface area contributed by atoms with E-state index in [1.54, 1.807) is 4.90 Å². The predicted molar refractivity (Wildman–Crippen MR) is 95.7 cm³/mol. The Morgan fingerprint density at radius 2 is 2.00 bits per heavy atom. The summed E-state index contributed by atoms with van der Waals surface area (Å²) in [5, 5.41) is 24.4. The lowest BCUT2D eigenvalue weighted by Gasteiger charge is -2.35. The Morgan fingerprint density at radius 1 is 1.28 bits per heavy atom. The molecule has 0 aromatic heterocycles. The number of hydrogen-bond acceptors (Lipinski definition) is 4. The fourth-order valence-corrected chi connectivity index (χ4v) is 3.16. The van der Waals surface area contributed by atoms with Gasteiger partial charge in [0.2, 0.25) is 5.91 Å². The molecule has 3 amide bonds. The quantitative estimate of drug-likeness (QED) is 0.556. The highest BCUT2D eigenvalue weighted by Crippen LogP contribution is 2.16.